The highest BCUT2D eigenvalue weighted by Crippen LogP contribution is 2.24. The first-order valence-electron chi connectivity index (χ1n) is 7.53. The summed E-state index contributed by atoms with van der Waals surface area (Å²) in [4.78, 5) is 13.1. The molecule has 2 N–H and O–H groups in total. The average Bonchev–Trinajstić information content (AvgIpc) is 2.53. The molecule has 1 fully saturated rings. The Morgan fingerprint density at radius 1 is 1.36 bits per heavy atom. The van der Waals surface area contributed by atoms with E-state index >= 15 is 0 Å². The maximum absolute atomic E-state index is 13.2. The smallest absolute Gasteiger partial charge is 0.405 e. The van der Waals surface area contributed by atoms with Crippen LogP contribution in [0.4, 0.5) is 13.2 Å². The third kappa shape index (κ3) is 7.27. The van der Waals surface area contributed by atoms with Crippen LogP contribution in [0.1, 0.15) is 0 Å². The van der Waals surface area contributed by atoms with Gasteiger partial charge in [0.15, 0.2) is 6.61 Å². The van der Waals surface area contributed by atoms with Crippen molar-refractivity contribution in [3.05, 3.63) is 29.3 Å². The Balaban J connectivity index is 0.00000312. The number of carbonyl (C=O) groups is 1. The van der Waals surface area contributed by atoms with Crippen LogP contribution in [0.3, 0.4) is 0 Å². The molecule has 25 heavy (non-hydrogen) atoms. The Morgan fingerprint density at radius 3 is 2.64 bits per heavy atom. The summed E-state index contributed by atoms with van der Waals surface area (Å²) >= 11 is 5.78. The van der Waals surface area contributed by atoms with Gasteiger partial charge in [0.05, 0.1) is 0 Å². The molecular weight excluding hydrogens is 382 g/mol. The number of piperazine rings is 1. The van der Waals surface area contributed by atoms with Crippen LogP contribution >= 0.6 is 24.0 Å². The van der Waals surface area contributed by atoms with Gasteiger partial charge in [0, 0.05) is 37.7 Å². The molecule has 0 bridgehead atoms. The monoisotopic (exact) mass is 401 g/mol. The zero-order chi connectivity index (χ0) is 17.6. The van der Waals surface area contributed by atoms with Crippen LogP contribution in [0, 0.1) is 0 Å². The van der Waals surface area contributed by atoms with Gasteiger partial charge >= 0.3 is 6.18 Å². The molecule has 2 rings (SSSR count). The van der Waals surface area contributed by atoms with Crippen molar-refractivity contribution in [1.29, 1.82) is 0 Å². The maximum Gasteiger partial charge on any atom is 0.405 e. The number of benzene rings is 1. The van der Waals surface area contributed by atoms with Gasteiger partial charge in [0.1, 0.15) is 11.8 Å². The van der Waals surface area contributed by atoms with Crippen LogP contribution in [-0.4, -0.2) is 62.4 Å². The van der Waals surface area contributed by atoms with E-state index in [4.69, 9.17) is 16.3 Å². The molecule has 1 amide bonds. The molecule has 1 aromatic carbocycles. The molecule has 1 atom stereocenters. The first-order chi connectivity index (χ1) is 11.4. The van der Waals surface area contributed by atoms with E-state index in [0.717, 1.165) is 0 Å². The molecule has 1 heterocycles. The van der Waals surface area contributed by atoms with Crippen LogP contribution in [0.5, 0.6) is 5.75 Å². The van der Waals surface area contributed by atoms with E-state index in [0.29, 0.717) is 37.0 Å². The zero-order valence-corrected chi connectivity index (χ0v) is 14.9. The number of hydrogen-bond acceptors (Lipinski definition) is 4. The van der Waals surface area contributed by atoms with Gasteiger partial charge in [-0.25, -0.2) is 0 Å². The Morgan fingerprint density at radius 2 is 2.04 bits per heavy atom. The number of nitrogens with one attached hydrogen (secondary N) is 2. The summed E-state index contributed by atoms with van der Waals surface area (Å²) in [5.41, 5.74) is 0. The molecule has 0 saturated carbocycles. The van der Waals surface area contributed by atoms with Crippen LogP contribution in [0.25, 0.3) is 0 Å². The predicted octanol–water partition coefficient (Wildman–Crippen LogP) is 2.09. The lowest BCUT2D eigenvalue weighted by Gasteiger charge is -2.35. The van der Waals surface area contributed by atoms with E-state index in [2.05, 4.69) is 10.6 Å². The van der Waals surface area contributed by atoms with Gasteiger partial charge in [-0.1, -0.05) is 17.7 Å². The summed E-state index contributed by atoms with van der Waals surface area (Å²) in [7, 11) is 0. The Labute approximate surface area is 155 Å². The van der Waals surface area contributed by atoms with E-state index in [9.17, 15) is 18.0 Å². The van der Waals surface area contributed by atoms with Crippen molar-refractivity contribution in [3.8, 4) is 5.75 Å². The molecule has 142 valence electrons. The fourth-order valence-corrected chi connectivity index (χ4v) is 2.59. The highest BCUT2D eigenvalue weighted by molar-refractivity contribution is 6.30. The highest BCUT2D eigenvalue weighted by atomic mass is 35.5. The lowest BCUT2D eigenvalue weighted by molar-refractivity contribution is -0.184. The van der Waals surface area contributed by atoms with E-state index in [1.54, 1.807) is 18.2 Å². The number of carbonyl (C=O) groups excluding carboxylic acids is 1. The van der Waals surface area contributed by atoms with Crippen molar-refractivity contribution in [3.63, 3.8) is 0 Å². The standard InChI is InChI=1S/C15H19ClF3N3O2.ClH/c16-11-2-1-3-12(8-11)24-10-14(23)21-9-13(15(17,18)19)22-6-4-20-5-7-22;/h1-3,8,13,20H,4-7,9-10H2,(H,21,23);1H. The van der Waals surface area contributed by atoms with Crippen molar-refractivity contribution in [1.82, 2.24) is 15.5 Å². The SMILES string of the molecule is Cl.O=C(COc1cccc(Cl)c1)NCC(N1CCNCC1)C(F)(F)F. The molecule has 0 radical (unpaired) electrons. The number of nitrogens with zero attached hydrogens (tertiary/aromatic N) is 1. The molecule has 1 aromatic rings. The highest BCUT2D eigenvalue weighted by Gasteiger charge is 2.43. The Bertz CT molecular complexity index is 555. The zero-order valence-electron chi connectivity index (χ0n) is 13.3. The molecule has 1 saturated heterocycles. The molecule has 1 unspecified atom stereocenters. The maximum atomic E-state index is 13.2. The van der Waals surface area contributed by atoms with Crippen molar-refractivity contribution < 1.29 is 22.7 Å². The van der Waals surface area contributed by atoms with Gasteiger partial charge in [-0.3, -0.25) is 9.69 Å². The molecular formula is C15H20Cl2F3N3O2. The summed E-state index contributed by atoms with van der Waals surface area (Å²) < 4.78 is 44.8. The second kappa shape index (κ2) is 10.1. The number of hydrogen-bond donors (Lipinski definition) is 2. The molecule has 0 aliphatic carbocycles. The van der Waals surface area contributed by atoms with Gasteiger partial charge in [-0.2, -0.15) is 13.2 Å². The Hall–Kier alpha value is -1.22. The molecule has 5 nitrogen and oxygen atoms in total. The lowest BCUT2D eigenvalue weighted by atomic mass is 10.2. The van der Waals surface area contributed by atoms with Gasteiger partial charge < -0.3 is 15.4 Å². The quantitative estimate of drug-likeness (QED) is 0.766. The fraction of sp³-hybridized carbons (Fsp3) is 0.533. The van der Waals surface area contributed by atoms with E-state index in [1.165, 1.54) is 11.0 Å². The molecule has 1 aliphatic rings. The van der Waals surface area contributed by atoms with Crippen LogP contribution in [-0.2, 0) is 4.79 Å². The summed E-state index contributed by atoms with van der Waals surface area (Å²) in [6.07, 6.45) is -4.40. The second-order valence-corrected chi connectivity index (χ2v) is 5.83. The van der Waals surface area contributed by atoms with Gasteiger partial charge in [-0.05, 0) is 18.2 Å². The molecule has 0 spiro atoms. The summed E-state index contributed by atoms with van der Waals surface area (Å²) in [5.74, 6) is -0.230. The molecule has 1 aliphatic heterocycles. The summed E-state index contributed by atoms with van der Waals surface area (Å²) in [6, 6.07) is 4.73. The Kier molecular flexibility index (Phi) is 8.78. The van der Waals surface area contributed by atoms with Crippen LogP contribution in [0.2, 0.25) is 5.02 Å². The predicted molar refractivity (Wildman–Crippen MR) is 91.5 cm³/mol. The van der Waals surface area contributed by atoms with Gasteiger partial charge in [0.2, 0.25) is 0 Å². The third-order valence-corrected chi connectivity index (χ3v) is 3.86. The number of halogens is 5. The first-order valence-corrected chi connectivity index (χ1v) is 7.90. The first kappa shape index (κ1) is 21.8. The van der Waals surface area contributed by atoms with Crippen molar-refractivity contribution >= 4 is 29.9 Å². The molecule has 10 heteroatoms. The van der Waals surface area contributed by atoms with Crippen LogP contribution in [0.15, 0.2) is 24.3 Å². The summed E-state index contributed by atoms with van der Waals surface area (Å²) in [6.45, 7) is 0.711. The van der Waals surface area contributed by atoms with Gasteiger partial charge in [-0.15, -0.1) is 12.4 Å². The number of ether oxygens (including phenoxy) is 1. The van der Waals surface area contributed by atoms with Crippen molar-refractivity contribution in [2.24, 2.45) is 0 Å². The van der Waals surface area contributed by atoms with Gasteiger partial charge in [0.25, 0.3) is 5.91 Å². The minimum Gasteiger partial charge on any atom is -0.484 e. The minimum absolute atomic E-state index is 0. The van der Waals surface area contributed by atoms with E-state index in [1.807, 2.05) is 0 Å². The fourth-order valence-electron chi connectivity index (χ4n) is 2.41. The average molecular weight is 402 g/mol. The van der Waals surface area contributed by atoms with Crippen LogP contribution < -0.4 is 15.4 Å². The second-order valence-electron chi connectivity index (χ2n) is 5.39. The van der Waals surface area contributed by atoms with E-state index in [-0.39, 0.29) is 19.0 Å². The number of alkyl halides is 3. The number of rotatable bonds is 6. The summed E-state index contributed by atoms with van der Waals surface area (Å²) in [5, 5.41) is 5.74. The number of amides is 1. The third-order valence-electron chi connectivity index (χ3n) is 3.63. The topological polar surface area (TPSA) is 53.6 Å². The largest absolute Gasteiger partial charge is 0.484 e. The minimum atomic E-state index is -4.40. The normalized spacial score (nSPS) is 16.6. The van der Waals surface area contributed by atoms with Crippen molar-refractivity contribution in [2.75, 3.05) is 39.3 Å². The van der Waals surface area contributed by atoms with Crippen molar-refractivity contribution in [2.45, 2.75) is 12.2 Å². The lowest BCUT2D eigenvalue weighted by Crippen LogP contribution is -2.57. The molecule has 0 aromatic heterocycles. The van der Waals surface area contributed by atoms with E-state index < -0.39 is 24.7 Å².